The lowest BCUT2D eigenvalue weighted by molar-refractivity contribution is -0.119. The van der Waals surface area contributed by atoms with Crippen LogP contribution in [0, 0.1) is 20.8 Å². The van der Waals surface area contributed by atoms with Gasteiger partial charge in [0, 0.05) is 37.0 Å². The number of amides is 1. The van der Waals surface area contributed by atoms with E-state index in [2.05, 4.69) is 35.9 Å². The molecule has 27 heavy (non-hydrogen) atoms. The summed E-state index contributed by atoms with van der Waals surface area (Å²) in [6.07, 6.45) is 9.02. The van der Waals surface area contributed by atoms with Gasteiger partial charge in [-0.1, -0.05) is 18.2 Å². The number of pyridine rings is 1. The third-order valence-electron chi connectivity index (χ3n) is 4.84. The van der Waals surface area contributed by atoms with Crippen LogP contribution in [0.2, 0.25) is 0 Å². The van der Waals surface area contributed by atoms with Crippen molar-refractivity contribution >= 4 is 11.6 Å². The largest absolute Gasteiger partial charge is 0.326 e. The van der Waals surface area contributed by atoms with Crippen molar-refractivity contribution in [1.29, 1.82) is 0 Å². The fourth-order valence-corrected chi connectivity index (χ4v) is 3.39. The predicted molar refractivity (Wildman–Crippen MR) is 108 cm³/mol. The van der Waals surface area contributed by atoms with Crippen LogP contribution in [0.3, 0.4) is 0 Å². The zero-order chi connectivity index (χ0) is 19.2. The summed E-state index contributed by atoms with van der Waals surface area (Å²) in [4.78, 5) is 23.4. The highest BCUT2D eigenvalue weighted by Crippen LogP contribution is 2.25. The van der Waals surface area contributed by atoms with Crippen molar-refractivity contribution in [2.24, 2.45) is 0 Å². The van der Waals surface area contributed by atoms with Gasteiger partial charge in [0.05, 0.1) is 0 Å². The Morgan fingerprint density at radius 2 is 1.74 bits per heavy atom. The van der Waals surface area contributed by atoms with Gasteiger partial charge < -0.3 is 9.47 Å². The lowest BCUT2D eigenvalue weighted by Crippen LogP contribution is -2.36. The Kier molecular flexibility index (Phi) is 6.01. The van der Waals surface area contributed by atoms with Gasteiger partial charge in [0.15, 0.2) is 0 Å². The maximum atomic E-state index is 13.2. The minimum absolute atomic E-state index is 0.0863. The van der Waals surface area contributed by atoms with Gasteiger partial charge in [0.2, 0.25) is 5.91 Å². The lowest BCUT2D eigenvalue weighted by atomic mass is 10.1. The summed E-state index contributed by atoms with van der Waals surface area (Å²) < 4.78 is 1.89. The average Bonchev–Trinajstić information content (AvgIpc) is 3.05. The molecule has 140 valence electrons. The summed E-state index contributed by atoms with van der Waals surface area (Å²) in [5, 5.41) is 0. The molecule has 0 bridgehead atoms. The normalized spacial score (nSPS) is 10.8. The van der Waals surface area contributed by atoms with Crippen LogP contribution in [0.15, 0.2) is 55.1 Å². The summed E-state index contributed by atoms with van der Waals surface area (Å²) >= 11 is 0. The fourth-order valence-electron chi connectivity index (χ4n) is 3.39. The van der Waals surface area contributed by atoms with E-state index in [9.17, 15) is 4.79 Å². The molecular formula is C22H26N4O. The molecule has 0 N–H and O–H groups in total. The van der Waals surface area contributed by atoms with Gasteiger partial charge in [-0.3, -0.25) is 9.78 Å². The van der Waals surface area contributed by atoms with Gasteiger partial charge in [-0.15, -0.1) is 0 Å². The number of nitrogens with zero attached hydrogens (tertiary/aromatic N) is 4. The number of aryl methyl sites for hydroxylation is 4. The van der Waals surface area contributed by atoms with E-state index in [1.165, 1.54) is 5.56 Å². The zero-order valence-corrected chi connectivity index (χ0v) is 16.2. The molecule has 0 aliphatic carbocycles. The fraction of sp³-hybridized carbons (Fsp3) is 0.318. The average molecular weight is 362 g/mol. The quantitative estimate of drug-likeness (QED) is 0.641. The molecule has 1 amide bonds. The predicted octanol–water partition coefficient (Wildman–Crippen LogP) is 3.87. The van der Waals surface area contributed by atoms with Crippen molar-refractivity contribution < 1.29 is 4.79 Å². The molecule has 5 nitrogen and oxygen atoms in total. The molecule has 0 spiro atoms. The minimum Gasteiger partial charge on any atom is -0.326 e. The SMILES string of the molecule is Cc1cccc(C)c1N(CCCc1ccncc1)C(=O)Cn1ccnc1C. The van der Waals surface area contributed by atoms with E-state index < -0.39 is 0 Å². The third kappa shape index (κ3) is 4.61. The molecule has 3 aromatic rings. The molecule has 2 aromatic heterocycles. The number of aromatic nitrogens is 3. The van der Waals surface area contributed by atoms with Gasteiger partial charge in [-0.05, 0) is 62.4 Å². The summed E-state index contributed by atoms with van der Waals surface area (Å²) in [6, 6.07) is 10.2. The van der Waals surface area contributed by atoms with Crippen molar-refractivity contribution in [3.8, 4) is 0 Å². The van der Waals surface area contributed by atoms with E-state index in [1.807, 2.05) is 53.2 Å². The highest BCUT2D eigenvalue weighted by atomic mass is 16.2. The van der Waals surface area contributed by atoms with Crippen molar-refractivity contribution in [2.75, 3.05) is 11.4 Å². The van der Waals surface area contributed by atoms with E-state index >= 15 is 0 Å². The first-order valence-electron chi connectivity index (χ1n) is 9.29. The van der Waals surface area contributed by atoms with Crippen LogP contribution in [-0.2, 0) is 17.8 Å². The molecular weight excluding hydrogens is 336 g/mol. The Balaban J connectivity index is 1.80. The molecule has 0 aliphatic heterocycles. The summed E-state index contributed by atoms with van der Waals surface area (Å²) in [7, 11) is 0. The Bertz CT molecular complexity index is 881. The number of imidazole rings is 1. The maximum Gasteiger partial charge on any atom is 0.246 e. The van der Waals surface area contributed by atoms with Crippen LogP contribution in [0.1, 0.15) is 28.9 Å². The second kappa shape index (κ2) is 8.62. The van der Waals surface area contributed by atoms with Crippen molar-refractivity contribution in [3.63, 3.8) is 0 Å². The van der Waals surface area contributed by atoms with E-state index in [0.29, 0.717) is 13.1 Å². The third-order valence-corrected chi connectivity index (χ3v) is 4.84. The Morgan fingerprint density at radius 1 is 1.04 bits per heavy atom. The molecule has 0 radical (unpaired) electrons. The van der Waals surface area contributed by atoms with E-state index in [1.54, 1.807) is 6.20 Å². The molecule has 0 fully saturated rings. The van der Waals surface area contributed by atoms with Gasteiger partial charge in [-0.25, -0.2) is 4.98 Å². The van der Waals surface area contributed by atoms with Gasteiger partial charge >= 0.3 is 0 Å². The Labute approximate surface area is 160 Å². The van der Waals surface area contributed by atoms with Crippen LogP contribution >= 0.6 is 0 Å². The zero-order valence-electron chi connectivity index (χ0n) is 16.2. The standard InChI is InChI=1S/C22H26N4O/c1-17-6-4-7-18(2)22(17)26(14-5-8-20-9-11-23-12-10-20)21(27)16-25-15-13-24-19(25)3/h4,6-7,9-13,15H,5,8,14,16H2,1-3H3. The highest BCUT2D eigenvalue weighted by Gasteiger charge is 2.20. The summed E-state index contributed by atoms with van der Waals surface area (Å²) in [6.45, 7) is 7.03. The van der Waals surface area contributed by atoms with E-state index in [0.717, 1.165) is 35.5 Å². The van der Waals surface area contributed by atoms with Crippen LogP contribution in [-0.4, -0.2) is 27.0 Å². The minimum atomic E-state index is 0.0863. The van der Waals surface area contributed by atoms with Gasteiger partial charge in [-0.2, -0.15) is 0 Å². The monoisotopic (exact) mass is 362 g/mol. The van der Waals surface area contributed by atoms with E-state index in [-0.39, 0.29) is 5.91 Å². The lowest BCUT2D eigenvalue weighted by Gasteiger charge is -2.27. The second-order valence-corrected chi connectivity index (χ2v) is 6.85. The number of carbonyl (C=O) groups is 1. The van der Waals surface area contributed by atoms with Crippen LogP contribution in [0.5, 0.6) is 0 Å². The van der Waals surface area contributed by atoms with Gasteiger partial charge in [0.1, 0.15) is 12.4 Å². The molecule has 0 unspecified atom stereocenters. The molecule has 5 heteroatoms. The first kappa shape index (κ1) is 18.8. The maximum absolute atomic E-state index is 13.2. The molecule has 1 aromatic carbocycles. The number of para-hydroxylation sites is 1. The molecule has 0 aliphatic rings. The first-order valence-corrected chi connectivity index (χ1v) is 9.29. The van der Waals surface area contributed by atoms with Crippen LogP contribution < -0.4 is 4.90 Å². The molecule has 0 atom stereocenters. The second-order valence-electron chi connectivity index (χ2n) is 6.85. The number of hydrogen-bond donors (Lipinski definition) is 0. The Hall–Kier alpha value is -2.95. The van der Waals surface area contributed by atoms with E-state index in [4.69, 9.17) is 0 Å². The first-order chi connectivity index (χ1) is 13.1. The number of rotatable bonds is 7. The Morgan fingerprint density at radius 3 is 2.37 bits per heavy atom. The number of hydrogen-bond acceptors (Lipinski definition) is 3. The molecule has 0 saturated heterocycles. The topological polar surface area (TPSA) is 51.0 Å². The number of carbonyl (C=O) groups excluding carboxylic acids is 1. The summed E-state index contributed by atoms with van der Waals surface area (Å²) in [5.41, 5.74) is 4.50. The number of benzene rings is 1. The molecule has 2 heterocycles. The van der Waals surface area contributed by atoms with Crippen molar-refractivity contribution in [1.82, 2.24) is 14.5 Å². The number of anilines is 1. The highest BCUT2D eigenvalue weighted by molar-refractivity contribution is 5.94. The van der Waals surface area contributed by atoms with Crippen molar-refractivity contribution in [2.45, 2.75) is 40.2 Å². The van der Waals surface area contributed by atoms with Crippen LogP contribution in [0.4, 0.5) is 5.69 Å². The van der Waals surface area contributed by atoms with Crippen LogP contribution in [0.25, 0.3) is 0 Å². The molecule has 0 saturated carbocycles. The van der Waals surface area contributed by atoms with Gasteiger partial charge in [0.25, 0.3) is 0 Å². The summed E-state index contributed by atoms with van der Waals surface area (Å²) in [5.74, 6) is 0.935. The van der Waals surface area contributed by atoms with Crippen molar-refractivity contribution in [3.05, 3.63) is 77.6 Å². The smallest absolute Gasteiger partial charge is 0.246 e. The molecule has 3 rings (SSSR count).